The molecule has 2 atom stereocenters. The second kappa shape index (κ2) is 11.8. The summed E-state index contributed by atoms with van der Waals surface area (Å²) in [5, 5.41) is 24.1. The first kappa shape index (κ1) is 28.6. The maximum atomic E-state index is 13.0. The number of thioether (sulfide) groups is 2. The summed E-state index contributed by atoms with van der Waals surface area (Å²) in [5.41, 5.74) is 8.58. The predicted octanol–water partition coefficient (Wildman–Crippen LogP) is -2.15. The van der Waals surface area contributed by atoms with Crippen LogP contribution in [0.4, 0.5) is 5.13 Å². The smallest absolute Gasteiger partial charge is 0.352 e. The second-order valence-electron chi connectivity index (χ2n) is 7.85. The van der Waals surface area contributed by atoms with E-state index in [0.29, 0.717) is 0 Å². The van der Waals surface area contributed by atoms with Crippen LogP contribution in [0.3, 0.4) is 0 Å². The Hall–Kier alpha value is -4.43. The van der Waals surface area contributed by atoms with E-state index in [1.807, 2.05) is 5.10 Å². The van der Waals surface area contributed by atoms with Gasteiger partial charge in [0, 0.05) is 11.1 Å². The summed E-state index contributed by atoms with van der Waals surface area (Å²) in [7, 11) is 1.23. The Morgan fingerprint density at radius 2 is 2.12 bits per heavy atom. The van der Waals surface area contributed by atoms with Crippen LogP contribution in [0.1, 0.15) is 5.69 Å². The number of H-pyrrole nitrogens is 1. The number of carboxylic acids is 1. The Bertz CT molecular complexity index is 1610. The lowest BCUT2D eigenvalue weighted by atomic mass is 10.0. The van der Waals surface area contributed by atoms with Crippen molar-refractivity contribution in [3.63, 3.8) is 0 Å². The molecule has 2 aliphatic heterocycles. The molecule has 0 spiro atoms. The quantitative estimate of drug-likeness (QED) is 0.0633. The van der Waals surface area contributed by atoms with Gasteiger partial charge in [-0.3, -0.25) is 33.4 Å². The summed E-state index contributed by atoms with van der Waals surface area (Å²) in [6.07, 6.45) is 1.40. The number of hydrogen-bond donors (Lipinski definition) is 5. The minimum absolute atomic E-state index is 0.0725. The number of hydrogen-bond acceptors (Lipinski definition) is 14. The van der Waals surface area contributed by atoms with Gasteiger partial charge in [0.05, 0.1) is 0 Å². The molecule has 0 saturated carbocycles. The summed E-state index contributed by atoms with van der Waals surface area (Å²) in [4.78, 5) is 82.6. The van der Waals surface area contributed by atoms with Gasteiger partial charge in [-0.05, 0) is 17.1 Å². The third kappa shape index (κ3) is 5.62. The van der Waals surface area contributed by atoms with E-state index in [2.05, 4.69) is 20.6 Å². The van der Waals surface area contributed by atoms with Gasteiger partial charge in [0.1, 0.15) is 36.5 Å². The number of nitrogen functional groups attached to an aromatic ring is 1. The number of aliphatic carboxylic acids is 1. The number of oxime groups is 1. The highest BCUT2D eigenvalue weighted by molar-refractivity contribution is 8.02. The number of thiazole rings is 1. The third-order valence-corrected chi connectivity index (χ3v) is 8.10. The van der Waals surface area contributed by atoms with Gasteiger partial charge in [-0.25, -0.2) is 14.9 Å². The maximum absolute atomic E-state index is 13.0. The van der Waals surface area contributed by atoms with Crippen molar-refractivity contribution in [3.8, 4) is 0 Å². The highest BCUT2D eigenvalue weighted by Gasteiger charge is 2.54. The minimum atomic E-state index is -1.37. The average molecular weight is 610 g/mol. The molecule has 2 aromatic rings. The van der Waals surface area contributed by atoms with E-state index in [-0.39, 0.29) is 38.7 Å². The first-order chi connectivity index (χ1) is 19.0. The molecule has 2 aliphatic rings. The molecule has 1 fully saturated rings. The van der Waals surface area contributed by atoms with Crippen LogP contribution >= 0.6 is 34.9 Å². The topological polar surface area (TPSA) is 258 Å². The Labute approximate surface area is 235 Å². The van der Waals surface area contributed by atoms with Gasteiger partial charge in [-0.15, -0.1) is 28.2 Å². The molecule has 210 valence electrons. The van der Waals surface area contributed by atoms with Crippen LogP contribution < -0.4 is 27.9 Å². The van der Waals surface area contributed by atoms with Crippen molar-refractivity contribution in [2.75, 3.05) is 18.6 Å². The number of allylic oxidation sites excluding steroid dienone is 1. The lowest BCUT2D eigenvalue weighted by Gasteiger charge is -2.49. The second-order valence-corrected chi connectivity index (χ2v) is 10.7. The van der Waals surface area contributed by atoms with Crippen LogP contribution in [0.25, 0.3) is 0 Å². The Morgan fingerprint density at radius 3 is 2.75 bits per heavy atom. The van der Waals surface area contributed by atoms with Crippen molar-refractivity contribution in [1.82, 2.24) is 30.0 Å². The maximum Gasteiger partial charge on any atom is 0.352 e. The molecule has 4 heterocycles. The first-order valence-corrected chi connectivity index (χ1v) is 13.7. The van der Waals surface area contributed by atoms with Crippen molar-refractivity contribution < 1.29 is 29.1 Å². The van der Waals surface area contributed by atoms with Gasteiger partial charge in [0.15, 0.2) is 16.0 Å². The lowest BCUT2D eigenvalue weighted by Crippen LogP contribution is -2.71. The number of nitrogens with zero attached hydrogens (tertiary/aromatic N) is 5. The van der Waals surface area contributed by atoms with E-state index < -0.39 is 52.8 Å². The fourth-order valence-electron chi connectivity index (χ4n) is 3.65. The summed E-state index contributed by atoms with van der Waals surface area (Å²) < 4.78 is 0.779. The van der Waals surface area contributed by atoms with E-state index in [1.165, 1.54) is 35.7 Å². The molecular formula is C20H19N9O8S3. The Kier molecular flexibility index (Phi) is 8.40. The Morgan fingerprint density at radius 1 is 1.38 bits per heavy atom. The average Bonchev–Trinajstić information content (AvgIpc) is 3.34. The number of aromatic amines is 1. The number of amides is 3. The number of primary amides is 1. The van der Waals surface area contributed by atoms with E-state index in [1.54, 1.807) is 0 Å². The zero-order chi connectivity index (χ0) is 29.1. The fourth-order valence-corrected chi connectivity index (χ4v) is 6.24. The molecule has 20 heteroatoms. The molecule has 7 N–H and O–H groups in total. The molecule has 17 nitrogen and oxygen atoms in total. The first-order valence-electron chi connectivity index (χ1n) is 10.9. The molecular weight excluding hydrogens is 590 g/mol. The molecule has 2 aromatic heterocycles. The SMILES string of the molecule is CON=C(C(=O)NC1C(=O)N2C(C(=O)O)=C(C=CSc3n[nH]c(=O)c(=O)n3CC(N)=O)CSC12)c1csc(N)n1. The zero-order valence-corrected chi connectivity index (χ0v) is 22.7. The van der Waals surface area contributed by atoms with E-state index in [4.69, 9.17) is 16.3 Å². The van der Waals surface area contributed by atoms with Gasteiger partial charge in [0.2, 0.25) is 5.91 Å². The number of aromatic nitrogens is 4. The third-order valence-electron chi connectivity index (χ3n) is 5.33. The van der Waals surface area contributed by atoms with Crippen LogP contribution in [0.15, 0.2) is 48.0 Å². The van der Waals surface area contributed by atoms with E-state index in [9.17, 15) is 33.9 Å². The lowest BCUT2D eigenvalue weighted by molar-refractivity contribution is -0.150. The van der Waals surface area contributed by atoms with Gasteiger partial charge in [-0.1, -0.05) is 16.9 Å². The largest absolute Gasteiger partial charge is 0.477 e. The molecule has 0 aliphatic carbocycles. The van der Waals surface area contributed by atoms with E-state index >= 15 is 0 Å². The number of nitrogens with two attached hydrogens (primary N) is 2. The van der Waals surface area contributed by atoms with Crippen LogP contribution in [0, 0.1) is 0 Å². The number of rotatable bonds is 10. The summed E-state index contributed by atoms with van der Waals surface area (Å²) in [5.74, 6) is -3.52. The van der Waals surface area contributed by atoms with Crippen LogP contribution in [0.2, 0.25) is 0 Å². The van der Waals surface area contributed by atoms with Crippen molar-refractivity contribution >= 4 is 69.4 Å². The highest BCUT2D eigenvalue weighted by Crippen LogP contribution is 2.41. The Balaban J connectivity index is 1.52. The van der Waals surface area contributed by atoms with Crippen molar-refractivity contribution in [2.24, 2.45) is 10.9 Å². The predicted molar refractivity (Wildman–Crippen MR) is 143 cm³/mol. The van der Waals surface area contributed by atoms with Gasteiger partial charge in [-0.2, -0.15) is 0 Å². The molecule has 1 saturated heterocycles. The molecule has 40 heavy (non-hydrogen) atoms. The van der Waals surface area contributed by atoms with Crippen LogP contribution in [-0.2, 0) is 30.6 Å². The zero-order valence-electron chi connectivity index (χ0n) is 20.2. The molecule has 3 amide bonds. The van der Waals surface area contributed by atoms with Crippen LogP contribution in [0.5, 0.6) is 0 Å². The van der Waals surface area contributed by atoms with Gasteiger partial charge < -0.3 is 26.7 Å². The van der Waals surface area contributed by atoms with E-state index in [0.717, 1.165) is 32.6 Å². The molecule has 4 rings (SSSR count). The van der Waals surface area contributed by atoms with Crippen molar-refractivity contribution in [1.29, 1.82) is 0 Å². The number of anilines is 1. The molecule has 0 aromatic carbocycles. The standard InChI is InChI=1S/C20H19N9O8S3/c1-37-27-10(8-6-40-19(22)23-8)13(31)24-11-15(33)29-12(18(35)36)7(5-39-17(11)29)2-3-38-20-26-25-14(32)16(34)28(20)4-9(21)30/h2-3,6,11,17H,4-5H2,1H3,(H2,21,30)(H2,22,23)(H,24,31)(H,25,32)(H,35,36). The monoisotopic (exact) mass is 609 g/mol. The summed E-state index contributed by atoms with van der Waals surface area (Å²) in [6, 6.07) is -1.04. The highest BCUT2D eigenvalue weighted by atomic mass is 32.2. The molecule has 0 radical (unpaired) electrons. The number of β-lactam (4-membered cyclic amide) rings is 1. The minimum Gasteiger partial charge on any atom is -0.477 e. The normalized spacial score (nSPS) is 18.9. The summed E-state index contributed by atoms with van der Waals surface area (Å²) in [6.45, 7) is -0.589. The number of fused-ring (bicyclic) bond motifs is 1. The van der Waals surface area contributed by atoms with Gasteiger partial charge >= 0.3 is 17.1 Å². The number of carbonyl (C=O) groups excluding carboxylic acids is 3. The molecule has 2 unspecified atom stereocenters. The fraction of sp³-hybridized carbons (Fsp3) is 0.250. The number of carbonyl (C=O) groups is 4. The molecule has 0 bridgehead atoms. The van der Waals surface area contributed by atoms with Gasteiger partial charge in [0.25, 0.3) is 11.8 Å². The van der Waals surface area contributed by atoms with Crippen molar-refractivity contribution in [3.05, 3.63) is 54.5 Å². The summed E-state index contributed by atoms with van der Waals surface area (Å²) >= 11 is 3.10. The van der Waals surface area contributed by atoms with Crippen LogP contribution in [-0.4, -0.2) is 83.4 Å². The number of carboxylic acid groups (broad SMARTS) is 1. The van der Waals surface area contributed by atoms with Crippen molar-refractivity contribution in [2.45, 2.75) is 23.1 Å². The number of nitrogens with one attached hydrogen (secondary N) is 2.